The fourth-order valence-electron chi connectivity index (χ4n) is 3.50. The van der Waals surface area contributed by atoms with Gasteiger partial charge in [-0.25, -0.2) is 4.98 Å². The van der Waals surface area contributed by atoms with Crippen LogP contribution in [0.3, 0.4) is 0 Å². The first-order chi connectivity index (χ1) is 9.40. The van der Waals surface area contributed by atoms with Crippen LogP contribution in [-0.4, -0.2) is 31.8 Å². The first-order valence-corrected chi connectivity index (χ1v) is 7.54. The lowest BCUT2D eigenvalue weighted by Crippen LogP contribution is -2.21. The van der Waals surface area contributed by atoms with E-state index in [4.69, 9.17) is 9.15 Å². The molecular formula is C15H24N2O2. The van der Waals surface area contributed by atoms with Crippen LogP contribution < -0.4 is 5.32 Å². The number of hydrogen-bond acceptors (Lipinski definition) is 4. The molecule has 3 rings (SSSR count). The first-order valence-electron chi connectivity index (χ1n) is 7.54. The molecule has 2 saturated carbocycles. The Bertz CT molecular complexity index is 393. The highest BCUT2D eigenvalue weighted by atomic mass is 16.5. The molecule has 1 N–H and O–H groups in total. The van der Waals surface area contributed by atoms with Crippen LogP contribution in [0, 0.1) is 11.8 Å². The zero-order chi connectivity index (χ0) is 13.1. The average Bonchev–Trinajstić information content (AvgIpc) is 2.99. The molecule has 0 saturated heterocycles. The third kappa shape index (κ3) is 3.00. The Morgan fingerprint density at radius 2 is 2.11 bits per heavy atom. The molecule has 0 aliphatic heterocycles. The summed E-state index contributed by atoms with van der Waals surface area (Å²) in [4.78, 5) is 4.42. The largest absolute Gasteiger partial charge is 0.445 e. The number of rotatable bonds is 7. The number of ether oxygens (including phenoxy) is 1. The number of methoxy groups -OCH3 is 1. The van der Waals surface area contributed by atoms with Crippen LogP contribution in [0.15, 0.2) is 10.6 Å². The number of hydrogen-bond donors (Lipinski definition) is 1. The van der Waals surface area contributed by atoms with E-state index in [9.17, 15) is 0 Å². The van der Waals surface area contributed by atoms with Gasteiger partial charge in [-0.1, -0.05) is 12.8 Å². The predicted molar refractivity (Wildman–Crippen MR) is 73.1 cm³/mol. The highest BCUT2D eigenvalue weighted by Gasteiger charge is 2.53. The van der Waals surface area contributed by atoms with Gasteiger partial charge in [-0.3, -0.25) is 0 Å². The summed E-state index contributed by atoms with van der Waals surface area (Å²) in [6.07, 6.45) is 8.43. The van der Waals surface area contributed by atoms with Gasteiger partial charge in [-0.05, 0) is 24.7 Å². The molecule has 4 heteroatoms. The average molecular weight is 264 g/mol. The van der Waals surface area contributed by atoms with Crippen molar-refractivity contribution < 1.29 is 9.15 Å². The Balaban J connectivity index is 1.45. The van der Waals surface area contributed by atoms with Gasteiger partial charge in [0.2, 0.25) is 0 Å². The Hall–Kier alpha value is -0.870. The minimum atomic E-state index is 0.685. The first kappa shape index (κ1) is 13.1. The molecule has 1 heterocycles. The van der Waals surface area contributed by atoms with E-state index in [-0.39, 0.29) is 0 Å². The molecule has 2 atom stereocenters. The van der Waals surface area contributed by atoms with Crippen LogP contribution in [0.4, 0.5) is 0 Å². The lowest BCUT2D eigenvalue weighted by molar-refractivity contribution is 0.199. The van der Waals surface area contributed by atoms with Crippen molar-refractivity contribution in [2.24, 2.45) is 11.8 Å². The molecule has 19 heavy (non-hydrogen) atoms. The Morgan fingerprint density at radius 1 is 1.32 bits per heavy atom. The second-order valence-electron chi connectivity index (χ2n) is 5.79. The van der Waals surface area contributed by atoms with E-state index in [1.54, 1.807) is 7.11 Å². The number of fused-ring (bicyclic) bond motifs is 1. The van der Waals surface area contributed by atoms with Gasteiger partial charge in [-0.2, -0.15) is 0 Å². The van der Waals surface area contributed by atoms with E-state index < -0.39 is 0 Å². The Labute approximate surface area is 114 Å². The summed E-state index contributed by atoms with van der Waals surface area (Å²) in [7, 11) is 1.72. The van der Waals surface area contributed by atoms with Gasteiger partial charge in [0.05, 0.1) is 12.8 Å². The van der Waals surface area contributed by atoms with Gasteiger partial charge in [0, 0.05) is 32.5 Å². The SMILES string of the molecule is COCCNCCc1ncc(C2C3CCCCC32)o1. The Kier molecular flexibility index (Phi) is 4.18. The van der Waals surface area contributed by atoms with Crippen LogP contribution in [0.2, 0.25) is 0 Å². The fraction of sp³-hybridized carbons (Fsp3) is 0.800. The van der Waals surface area contributed by atoms with E-state index in [0.717, 1.165) is 49.6 Å². The minimum Gasteiger partial charge on any atom is -0.445 e. The van der Waals surface area contributed by atoms with Gasteiger partial charge in [-0.15, -0.1) is 0 Å². The Morgan fingerprint density at radius 3 is 2.84 bits per heavy atom. The highest BCUT2D eigenvalue weighted by Crippen LogP contribution is 2.61. The van der Waals surface area contributed by atoms with Crippen molar-refractivity contribution in [3.63, 3.8) is 0 Å². The summed E-state index contributed by atoms with van der Waals surface area (Å²) in [5.74, 6) is 4.50. The van der Waals surface area contributed by atoms with Gasteiger partial charge in [0.25, 0.3) is 0 Å². The molecule has 0 spiro atoms. The second kappa shape index (κ2) is 6.06. The molecule has 0 bridgehead atoms. The lowest BCUT2D eigenvalue weighted by Gasteiger charge is -2.04. The topological polar surface area (TPSA) is 47.3 Å². The molecule has 106 valence electrons. The zero-order valence-corrected chi connectivity index (χ0v) is 11.7. The van der Waals surface area contributed by atoms with Gasteiger partial charge in [0.15, 0.2) is 5.89 Å². The van der Waals surface area contributed by atoms with Gasteiger partial charge >= 0.3 is 0 Å². The van der Waals surface area contributed by atoms with Gasteiger partial charge in [0.1, 0.15) is 5.76 Å². The maximum Gasteiger partial charge on any atom is 0.195 e. The van der Waals surface area contributed by atoms with Crippen molar-refractivity contribution in [3.05, 3.63) is 17.8 Å². The van der Waals surface area contributed by atoms with Gasteiger partial charge < -0.3 is 14.5 Å². The molecular weight excluding hydrogens is 240 g/mol. The van der Waals surface area contributed by atoms with E-state index in [1.165, 1.54) is 25.7 Å². The minimum absolute atomic E-state index is 0.685. The van der Waals surface area contributed by atoms with Crippen LogP contribution >= 0.6 is 0 Å². The third-order valence-corrected chi connectivity index (χ3v) is 4.56. The predicted octanol–water partition coefficient (Wildman–Crippen LogP) is 2.36. The van der Waals surface area contributed by atoms with E-state index in [2.05, 4.69) is 10.3 Å². The van der Waals surface area contributed by atoms with Crippen molar-refractivity contribution >= 4 is 0 Å². The van der Waals surface area contributed by atoms with E-state index >= 15 is 0 Å². The van der Waals surface area contributed by atoms with Crippen LogP contribution in [0.25, 0.3) is 0 Å². The maximum absolute atomic E-state index is 5.92. The van der Waals surface area contributed by atoms with Crippen LogP contribution in [-0.2, 0) is 11.2 Å². The number of nitrogens with zero attached hydrogens (tertiary/aromatic N) is 1. The molecule has 2 aliphatic carbocycles. The molecule has 0 radical (unpaired) electrons. The quantitative estimate of drug-likeness (QED) is 0.768. The monoisotopic (exact) mass is 264 g/mol. The molecule has 0 aromatic carbocycles. The fourth-order valence-corrected chi connectivity index (χ4v) is 3.50. The molecule has 1 aromatic rings. The standard InChI is InChI=1S/C15H24N2O2/c1-18-9-8-16-7-6-14-17-10-13(19-14)15-11-4-2-3-5-12(11)15/h10-12,15-16H,2-9H2,1H3. The van der Waals surface area contributed by atoms with Crippen LogP contribution in [0.1, 0.15) is 43.3 Å². The number of nitrogens with one attached hydrogen (secondary N) is 1. The molecule has 1 aromatic heterocycles. The molecule has 2 aliphatic rings. The van der Waals surface area contributed by atoms with Crippen molar-refractivity contribution in [3.8, 4) is 0 Å². The second-order valence-corrected chi connectivity index (χ2v) is 5.79. The van der Waals surface area contributed by atoms with Crippen molar-refractivity contribution in [1.29, 1.82) is 0 Å². The summed E-state index contributed by atoms with van der Waals surface area (Å²) in [6, 6.07) is 0. The summed E-state index contributed by atoms with van der Waals surface area (Å²) >= 11 is 0. The van der Waals surface area contributed by atoms with Crippen LogP contribution in [0.5, 0.6) is 0 Å². The number of aromatic nitrogens is 1. The molecule has 2 fully saturated rings. The summed E-state index contributed by atoms with van der Waals surface area (Å²) in [5.41, 5.74) is 0. The summed E-state index contributed by atoms with van der Waals surface area (Å²) in [6.45, 7) is 2.54. The molecule has 0 amide bonds. The zero-order valence-electron chi connectivity index (χ0n) is 11.7. The van der Waals surface area contributed by atoms with E-state index in [0.29, 0.717) is 5.92 Å². The van der Waals surface area contributed by atoms with E-state index in [1.807, 2.05) is 6.20 Å². The summed E-state index contributed by atoms with van der Waals surface area (Å²) < 4.78 is 10.9. The highest BCUT2D eigenvalue weighted by molar-refractivity contribution is 5.18. The normalized spacial score (nSPS) is 29.2. The molecule has 2 unspecified atom stereocenters. The lowest BCUT2D eigenvalue weighted by atomic mass is 10.0. The number of oxazole rings is 1. The maximum atomic E-state index is 5.92. The summed E-state index contributed by atoms with van der Waals surface area (Å²) in [5, 5.41) is 3.31. The van der Waals surface area contributed by atoms with Crippen molar-refractivity contribution in [2.45, 2.75) is 38.0 Å². The molecule has 4 nitrogen and oxygen atoms in total. The van der Waals surface area contributed by atoms with Crippen molar-refractivity contribution in [1.82, 2.24) is 10.3 Å². The smallest absolute Gasteiger partial charge is 0.195 e. The van der Waals surface area contributed by atoms with Crippen molar-refractivity contribution in [2.75, 3.05) is 26.8 Å². The third-order valence-electron chi connectivity index (χ3n) is 4.56.